The first-order chi connectivity index (χ1) is 13.1. The van der Waals surface area contributed by atoms with Crippen molar-refractivity contribution >= 4 is 28.3 Å². The minimum atomic E-state index is -3.74. The Morgan fingerprint density at radius 3 is 2.75 bits per heavy atom. The van der Waals surface area contributed by atoms with E-state index < -0.39 is 10.0 Å². The van der Waals surface area contributed by atoms with Gasteiger partial charge in [0.05, 0.1) is 10.9 Å². The second-order valence-corrected chi connectivity index (χ2v) is 8.79. The van der Waals surface area contributed by atoms with Crippen molar-refractivity contribution < 1.29 is 13.2 Å². The summed E-state index contributed by atoms with van der Waals surface area (Å²) in [4.78, 5) is 16.6. The van der Waals surface area contributed by atoms with Crippen LogP contribution in [0.4, 0.5) is 0 Å². The van der Waals surface area contributed by atoms with Crippen LogP contribution in [0.3, 0.4) is 0 Å². The summed E-state index contributed by atoms with van der Waals surface area (Å²) >= 11 is 0. The van der Waals surface area contributed by atoms with Crippen LogP contribution in [-0.2, 0) is 10.0 Å². The molecule has 0 spiro atoms. The van der Waals surface area contributed by atoms with Crippen LogP contribution in [0.1, 0.15) is 34.8 Å². The third-order valence-corrected chi connectivity index (χ3v) is 6.78. The molecular weight excluding hydrogens is 400 g/mol. The molecule has 150 valence electrons. The van der Waals surface area contributed by atoms with E-state index in [1.165, 1.54) is 10.4 Å². The topological polar surface area (TPSA) is 91.4 Å². The maximum atomic E-state index is 13.3. The van der Waals surface area contributed by atoms with Crippen LogP contribution in [0.2, 0.25) is 0 Å². The molecule has 1 aromatic heterocycles. The molecule has 2 heterocycles. The lowest BCUT2D eigenvalue weighted by atomic mass is 10.1. The smallest absolute Gasteiger partial charge is 0.251 e. The molecule has 1 aliphatic heterocycles. The lowest BCUT2D eigenvalue weighted by Gasteiger charge is -2.35. The number of hydrogen-bond acceptors (Lipinski definition) is 5. The highest BCUT2D eigenvalue weighted by Gasteiger charge is 2.35. The first-order valence-corrected chi connectivity index (χ1v) is 10.5. The Kier molecular flexibility index (Phi) is 6.34. The van der Waals surface area contributed by atoms with Crippen molar-refractivity contribution in [3.8, 4) is 0 Å². The maximum Gasteiger partial charge on any atom is 0.251 e. The Hall–Kier alpha value is -2.00. The third kappa shape index (κ3) is 4.35. The predicted octanol–water partition coefficient (Wildman–Crippen LogP) is 1.73. The molecule has 1 aliphatic carbocycles. The van der Waals surface area contributed by atoms with E-state index in [1.807, 2.05) is 6.07 Å². The summed E-state index contributed by atoms with van der Waals surface area (Å²) in [7, 11) is -3.74. The van der Waals surface area contributed by atoms with Gasteiger partial charge in [-0.15, -0.1) is 12.4 Å². The number of aromatic nitrogens is 1. The molecule has 2 aromatic rings. The lowest BCUT2D eigenvalue weighted by Crippen LogP contribution is -2.48. The quantitative estimate of drug-likeness (QED) is 0.765. The van der Waals surface area contributed by atoms with Crippen molar-refractivity contribution in [3.05, 3.63) is 59.9 Å². The molecule has 2 N–H and O–H groups in total. The Bertz CT molecular complexity index is 935. The first-order valence-electron chi connectivity index (χ1n) is 9.09. The van der Waals surface area contributed by atoms with E-state index in [1.54, 1.807) is 36.7 Å². The van der Waals surface area contributed by atoms with Crippen molar-refractivity contribution in [1.29, 1.82) is 0 Å². The van der Waals surface area contributed by atoms with Crippen molar-refractivity contribution in [2.24, 2.45) is 0 Å². The molecule has 1 amide bonds. The van der Waals surface area contributed by atoms with E-state index in [4.69, 9.17) is 0 Å². The van der Waals surface area contributed by atoms with Crippen LogP contribution in [-0.4, -0.2) is 49.3 Å². The van der Waals surface area contributed by atoms with E-state index >= 15 is 0 Å². The largest absolute Gasteiger partial charge is 0.349 e. The van der Waals surface area contributed by atoms with Gasteiger partial charge < -0.3 is 10.6 Å². The van der Waals surface area contributed by atoms with Gasteiger partial charge in [0.25, 0.3) is 5.91 Å². The number of nitrogens with one attached hydrogen (secondary N) is 2. The number of piperazine rings is 1. The van der Waals surface area contributed by atoms with Gasteiger partial charge in [-0.2, -0.15) is 4.31 Å². The van der Waals surface area contributed by atoms with E-state index in [0.29, 0.717) is 25.2 Å². The van der Waals surface area contributed by atoms with Crippen LogP contribution < -0.4 is 10.6 Å². The number of halogens is 1. The SMILES string of the molecule is Cl.O=C(NC1CC1)c1cccc(S(=O)(=O)N2CCNCC2c2cccnc2)c1. The average molecular weight is 423 g/mol. The van der Waals surface area contributed by atoms with Gasteiger partial charge in [0.2, 0.25) is 10.0 Å². The van der Waals surface area contributed by atoms with Gasteiger partial charge in [-0.25, -0.2) is 8.42 Å². The monoisotopic (exact) mass is 422 g/mol. The van der Waals surface area contributed by atoms with Crippen LogP contribution in [0, 0.1) is 0 Å². The van der Waals surface area contributed by atoms with E-state index in [-0.39, 0.29) is 35.3 Å². The summed E-state index contributed by atoms with van der Waals surface area (Å²) in [6, 6.07) is 9.86. The van der Waals surface area contributed by atoms with Gasteiger partial charge in [0.15, 0.2) is 0 Å². The number of carbonyl (C=O) groups excluding carboxylic acids is 1. The molecule has 1 aromatic carbocycles. The van der Waals surface area contributed by atoms with Crippen molar-refractivity contribution in [3.63, 3.8) is 0 Å². The van der Waals surface area contributed by atoms with Crippen molar-refractivity contribution in [1.82, 2.24) is 19.9 Å². The van der Waals surface area contributed by atoms with E-state index in [0.717, 1.165) is 18.4 Å². The van der Waals surface area contributed by atoms with Gasteiger partial charge in [-0.1, -0.05) is 12.1 Å². The maximum absolute atomic E-state index is 13.3. The summed E-state index contributed by atoms with van der Waals surface area (Å²) < 4.78 is 28.2. The molecular formula is C19H23ClN4O3S. The number of nitrogens with zero attached hydrogens (tertiary/aromatic N) is 2. The Morgan fingerprint density at radius 2 is 2.04 bits per heavy atom. The summed E-state index contributed by atoms with van der Waals surface area (Å²) in [6.45, 7) is 1.46. The molecule has 1 saturated carbocycles. The molecule has 1 saturated heterocycles. The Morgan fingerprint density at radius 1 is 1.21 bits per heavy atom. The normalized spacial score (nSPS) is 20.2. The number of benzene rings is 1. The minimum absolute atomic E-state index is 0. The molecule has 1 unspecified atom stereocenters. The fourth-order valence-electron chi connectivity index (χ4n) is 3.26. The number of pyridine rings is 1. The van der Waals surface area contributed by atoms with Crippen LogP contribution in [0.5, 0.6) is 0 Å². The van der Waals surface area contributed by atoms with Crippen molar-refractivity contribution in [2.75, 3.05) is 19.6 Å². The zero-order valence-electron chi connectivity index (χ0n) is 15.2. The van der Waals surface area contributed by atoms with E-state index in [9.17, 15) is 13.2 Å². The summed E-state index contributed by atoms with van der Waals surface area (Å²) in [5.74, 6) is -0.223. The summed E-state index contributed by atoms with van der Waals surface area (Å²) in [5.41, 5.74) is 1.21. The first kappa shape index (κ1) is 20.7. The lowest BCUT2D eigenvalue weighted by molar-refractivity contribution is 0.0951. The number of sulfonamides is 1. The van der Waals surface area contributed by atoms with Crippen LogP contribution in [0.15, 0.2) is 53.7 Å². The molecule has 1 atom stereocenters. The van der Waals surface area contributed by atoms with Gasteiger partial charge in [0, 0.05) is 43.6 Å². The zero-order chi connectivity index (χ0) is 18.9. The average Bonchev–Trinajstić information content (AvgIpc) is 3.53. The number of rotatable bonds is 5. The Balaban J connectivity index is 0.00000225. The van der Waals surface area contributed by atoms with Crippen molar-refractivity contribution in [2.45, 2.75) is 29.8 Å². The zero-order valence-corrected chi connectivity index (χ0v) is 16.9. The number of carbonyl (C=O) groups is 1. The standard InChI is InChI=1S/C19H22N4O3S.ClH/c24-19(22-16-6-7-16)14-3-1-5-17(11-14)27(25,26)23-10-9-21-13-18(23)15-4-2-8-20-12-15;/h1-5,8,11-12,16,18,21H,6-7,9-10,13H2,(H,22,24);1H. The number of hydrogen-bond donors (Lipinski definition) is 2. The molecule has 9 heteroatoms. The minimum Gasteiger partial charge on any atom is -0.349 e. The summed E-state index contributed by atoms with van der Waals surface area (Å²) in [6.07, 6.45) is 5.33. The molecule has 4 rings (SSSR count). The fourth-order valence-corrected chi connectivity index (χ4v) is 4.92. The molecule has 28 heavy (non-hydrogen) atoms. The second kappa shape index (κ2) is 8.57. The molecule has 7 nitrogen and oxygen atoms in total. The molecule has 0 bridgehead atoms. The summed E-state index contributed by atoms with van der Waals surface area (Å²) in [5, 5.41) is 6.14. The van der Waals surface area contributed by atoms with Crippen LogP contribution in [0.25, 0.3) is 0 Å². The number of amides is 1. The highest BCUT2D eigenvalue weighted by molar-refractivity contribution is 7.89. The fraction of sp³-hybridized carbons (Fsp3) is 0.368. The van der Waals surface area contributed by atoms with Gasteiger partial charge in [0.1, 0.15) is 0 Å². The van der Waals surface area contributed by atoms with Gasteiger partial charge >= 0.3 is 0 Å². The second-order valence-electron chi connectivity index (χ2n) is 6.90. The molecule has 2 aliphatic rings. The van der Waals surface area contributed by atoms with E-state index in [2.05, 4.69) is 15.6 Å². The third-order valence-electron chi connectivity index (χ3n) is 4.88. The molecule has 0 radical (unpaired) electrons. The predicted molar refractivity (Wildman–Crippen MR) is 108 cm³/mol. The van der Waals surface area contributed by atoms with Gasteiger partial charge in [-0.3, -0.25) is 9.78 Å². The van der Waals surface area contributed by atoms with Crippen LogP contribution >= 0.6 is 12.4 Å². The van der Waals surface area contributed by atoms with Gasteiger partial charge in [-0.05, 0) is 42.7 Å². The molecule has 2 fully saturated rings. The highest BCUT2D eigenvalue weighted by Crippen LogP contribution is 2.29. The highest BCUT2D eigenvalue weighted by atomic mass is 35.5. The Labute approximate surface area is 171 Å².